The zero-order valence-electron chi connectivity index (χ0n) is 11.5. The van der Waals surface area contributed by atoms with Crippen molar-refractivity contribution in [2.75, 3.05) is 0 Å². The van der Waals surface area contributed by atoms with E-state index in [0.717, 1.165) is 11.1 Å². The van der Waals surface area contributed by atoms with Crippen LogP contribution < -0.4 is 4.74 Å². The van der Waals surface area contributed by atoms with Gasteiger partial charge in [-0.3, -0.25) is 0 Å². The molecule has 1 atom stereocenters. The summed E-state index contributed by atoms with van der Waals surface area (Å²) in [6, 6.07) is 14.8. The van der Waals surface area contributed by atoms with E-state index in [1.54, 1.807) is 12.1 Å². The number of halogens is 1. The van der Waals surface area contributed by atoms with Crippen molar-refractivity contribution in [1.29, 1.82) is 0 Å². The molecule has 0 saturated carbocycles. The van der Waals surface area contributed by atoms with Crippen LogP contribution >= 0.6 is 11.6 Å². The Morgan fingerprint density at radius 3 is 2.00 bits per heavy atom. The maximum Gasteiger partial charge on any atom is 0.344 e. The van der Waals surface area contributed by atoms with Crippen LogP contribution in [0.3, 0.4) is 0 Å². The molecule has 0 fully saturated rings. The first-order chi connectivity index (χ1) is 10.0. The summed E-state index contributed by atoms with van der Waals surface area (Å²) >= 11 is 5.83. The third kappa shape index (κ3) is 4.65. The lowest BCUT2D eigenvalue weighted by Gasteiger charge is -2.10. The first kappa shape index (κ1) is 15.1. The molecule has 0 radical (unpaired) electrons. The van der Waals surface area contributed by atoms with Gasteiger partial charge in [0, 0.05) is 5.02 Å². The number of aliphatic carboxylic acids is 1. The Balaban J connectivity index is 2.02. The van der Waals surface area contributed by atoms with E-state index >= 15 is 0 Å². The Labute approximate surface area is 128 Å². The number of hydrogen-bond donors (Lipinski definition) is 1. The summed E-state index contributed by atoms with van der Waals surface area (Å²) in [5.74, 6) is -0.449. The van der Waals surface area contributed by atoms with Crippen LogP contribution in [0.2, 0.25) is 5.02 Å². The number of ether oxygens (including phenoxy) is 1. The van der Waals surface area contributed by atoms with Gasteiger partial charge in [-0.1, -0.05) is 48.0 Å². The maximum absolute atomic E-state index is 10.7. The SMILES string of the molecule is CC(Oc1ccc(/C=C/c2ccc(Cl)cc2)cc1)C(=O)O. The Hall–Kier alpha value is -2.26. The molecule has 21 heavy (non-hydrogen) atoms. The highest BCUT2D eigenvalue weighted by molar-refractivity contribution is 6.30. The molecular formula is C17H15ClO3. The molecule has 4 heteroatoms. The van der Waals surface area contributed by atoms with Crippen LogP contribution in [0.5, 0.6) is 5.75 Å². The van der Waals surface area contributed by atoms with Crippen LogP contribution in [-0.4, -0.2) is 17.2 Å². The lowest BCUT2D eigenvalue weighted by atomic mass is 10.1. The summed E-state index contributed by atoms with van der Waals surface area (Å²) in [6.45, 7) is 1.50. The predicted molar refractivity (Wildman–Crippen MR) is 84.5 cm³/mol. The fraction of sp³-hybridized carbons (Fsp3) is 0.118. The zero-order valence-corrected chi connectivity index (χ0v) is 12.2. The number of benzene rings is 2. The average molecular weight is 303 g/mol. The van der Waals surface area contributed by atoms with Gasteiger partial charge in [-0.2, -0.15) is 0 Å². The van der Waals surface area contributed by atoms with Gasteiger partial charge < -0.3 is 9.84 Å². The van der Waals surface area contributed by atoms with Crippen molar-refractivity contribution in [2.24, 2.45) is 0 Å². The summed E-state index contributed by atoms with van der Waals surface area (Å²) in [4.78, 5) is 10.7. The standard InChI is InChI=1S/C17H15ClO3/c1-12(17(19)20)21-16-10-6-14(7-11-16)3-2-13-4-8-15(18)9-5-13/h2-12H,1H3,(H,19,20)/b3-2+. The van der Waals surface area contributed by atoms with Gasteiger partial charge in [-0.05, 0) is 42.3 Å². The van der Waals surface area contributed by atoms with Crippen molar-refractivity contribution in [3.63, 3.8) is 0 Å². The van der Waals surface area contributed by atoms with E-state index in [2.05, 4.69) is 0 Å². The molecule has 0 saturated heterocycles. The molecule has 0 aliphatic carbocycles. The number of hydrogen-bond acceptors (Lipinski definition) is 2. The molecule has 0 heterocycles. The molecule has 2 rings (SSSR count). The van der Waals surface area contributed by atoms with Gasteiger partial charge in [0.15, 0.2) is 6.10 Å². The number of rotatable bonds is 5. The second-order valence-electron chi connectivity index (χ2n) is 4.55. The topological polar surface area (TPSA) is 46.5 Å². The van der Waals surface area contributed by atoms with Crippen LogP contribution in [0.25, 0.3) is 12.2 Å². The van der Waals surface area contributed by atoms with Gasteiger partial charge in [-0.25, -0.2) is 4.79 Å². The van der Waals surface area contributed by atoms with Gasteiger partial charge in [-0.15, -0.1) is 0 Å². The minimum absolute atomic E-state index is 0.536. The van der Waals surface area contributed by atoms with Gasteiger partial charge in [0.1, 0.15) is 5.75 Å². The molecule has 108 valence electrons. The summed E-state index contributed by atoms with van der Waals surface area (Å²) in [5.41, 5.74) is 2.06. The largest absolute Gasteiger partial charge is 0.479 e. The Morgan fingerprint density at radius 1 is 1.05 bits per heavy atom. The van der Waals surface area contributed by atoms with Gasteiger partial charge in [0.25, 0.3) is 0 Å². The minimum Gasteiger partial charge on any atom is -0.479 e. The molecule has 0 aliphatic rings. The average Bonchev–Trinajstić information content (AvgIpc) is 2.48. The highest BCUT2D eigenvalue weighted by atomic mass is 35.5. The quantitative estimate of drug-likeness (QED) is 0.835. The third-order valence-corrected chi connectivity index (χ3v) is 3.13. The fourth-order valence-electron chi connectivity index (χ4n) is 1.68. The summed E-state index contributed by atoms with van der Waals surface area (Å²) < 4.78 is 5.27. The number of carbonyl (C=O) groups is 1. The molecular weight excluding hydrogens is 288 g/mol. The Morgan fingerprint density at radius 2 is 1.52 bits per heavy atom. The van der Waals surface area contributed by atoms with Gasteiger partial charge in [0.2, 0.25) is 0 Å². The van der Waals surface area contributed by atoms with Gasteiger partial charge in [0.05, 0.1) is 0 Å². The van der Waals surface area contributed by atoms with E-state index in [-0.39, 0.29) is 0 Å². The smallest absolute Gasteiger partial charge is 0.344 e. The van der Waals surface area contributed by atoms with E-state index in [1.165, 1.54) is 6.92 Å². The van der Waals surface area contributed by atoms with Crippen molar-refractivity contribution in [3.8, 4) is 5.75 Å². The van der Waals surface area contributed by atoms with Crippen molar-refractivity contribution in [2.45, 2.75) is 13.0 Å². The minimum atomic E-state index is -0.985. The molecule has 0 amide bonds. The lowest BCUT2D eigenvalue weighted by molar-refractivity contribution is -0.144. The predicted octanol–water partition coefficient (Wildman–Crippen LogP) is 4.36. The molecule has 0 spiro atoms. The highest BCUT2D eigenvalue weighted by Crippen LogP contribution is 2.17. The van der Waals surface area contributed by atoms with Crippen molar-refractivity contribution in [1.82, 2.24) is 0 Å². The van der Waals surface area contributed by atoms with Crippen molar-refractivity contribution >= 4 is 29.7 Å². The molecule has 3 nitrogen and oxygen atoms in total. The normalized spacial score (nSPS) is 12.3. The van der Waals surface area contributed by atoms with Crippen LogP contribution in [0.1, 0.15) is 18.1 Å². The van der Waals surface area contributed by atoms with E-state index < -0.39 is 12.1 Å². The highest BCUT2D eigenvalue weighted by Gasteiger charge is 2.11. The van der Waals surface area contributed by atoms with Crippen molar-refractivity contribution in [3.05, 3.63) is 64.7 Å². The summed E-state index contributed by atoms with van der Waals surface area (Å²) in [7, 11) is 0. The van der Waals surface area contributed by atoms with E-state index in [9.17, 15) is 4.79 Å². The summed E-state index contributed by atoms with van der Waals surface area (Å²) in [5, 5.41) is 9.49. The lowest BCUT2D eigenvalue weighted by Crippen LogP contribution is -2.22. The second kappa shape index (κ2) is 6.95. The molecule has 0 bridgehead atoms. The van der Waals surface area contributed by atoms with E-state index in [1.807, 2.05) is 48.6 Å². The molecule has 2 aromatic carbocycles. The molecule has 1 N–H and O–H groups in total. The first-order valence-electron chi connectivity index (χ1n) is 6.48. The monoisotopic (exact) mass is 302 g/mol. The zero-order chi connectivity index (χ0) is 15.2. The Bertz CT molecular complexity index is 630. The van der Waals surface area contributed by atoms with Crippen LogP contribution in [0.4, 0.5) is 0 Å². The first-order valence-corrected chi connectivity index (χ1v) is 6.85. The van der Waals surface area contributed by atoms with E-state index in [4.69, 9.17) is 21.4 Å². The third-order valence-electron chi connectivity index (χ3n) is 2.88. The summed E-state index contributed by atoms with van der Waals surface area (Å²) in [6.07, 6.45) is 3.08. The Kier molecular flexibility index (Phi) is 5.01. The fourth-order valence-corrected chi connectivity index (χ4v) is 1.80. The van der Waals surface area contributed by atoms with Crippen molar-refractivity contribution < 1.29 is 14.6 Å². The molecule has 2 aromatic rings. The van der Waals surface area contributed by atoms with Crippen LogP contribution in [0.15, 0.2) is 48.5 Å². The van der Waals surface area contributed by atoms with Crippen LogP contribution in [0, 0.1) is 0 Å². The molecule has 1 unspecified atom stereocenters. The molecule has 0 aliphatic heterocycles. The molecule has 0 aromatic heterocycles. The second-order valence-corrected chi connectivity index (χ2v) is 4.99. The number of carboxylic acid groups (broad SMARTS) is 1. The van der Waals surface area contributed by atoms with Gasteiger partial charge >= 0.3 is 5.97 Å². The number of carboxylic acids is 1. The van der Waals surface area contributed by atoms with Crippen LogP contribution in [-0.2, 0) is 4.79 Å². The maximum atomic E-state index is 10.7. The van der Waals surface area contributed by atoms with E-state index in [0.29, 0.717) is 10.8 Å².